The first-order valence-corrected chi connectivity index (χ1v) is 4.71. The first-order valence-electron chi connectivity index (χ1n) is 4.71. The van der Waals surface area contributed by atoms with Gasteiger partial charge in [-0.25, -0.2) is 4.79 Å². The third kappa shape index (κ3) is 2.33. The Bertz CT molecular complexity index is 244. The minimum absolute atomic E-state index is 0.747. The second-order valence-corrected chi connectivity index (χ2v) is 3.37. The number of ether oxygens (including phenoxy) is 4. The van der Waals surface area contributed by atoms with Gasteiger partial charge < -0.3 is 29.2 Å². The average molecular weight is 236 g/mol. The first kappa shape index (κ1) is 13.3. The third-order valence-corrected chi connectivity index (χ3v) is 2.48. The van der Waals surface area contributed by atoms with Crippen molar-refractivity contribution < 1.29 is 34.0 Å². The summed E-state index contributed by atoms with van der Waals surface area (Å²) in [5, 5.41) is 19.4. The van der Waals surface area contributed by atoms with Crippen LogP contribution in [0.5, 0.6) is 0 Å². The van der Waals surface area contributed by atoms with Gasteiger partial charge in [-0.3, -0.25) is 0 Å². The summed E-state index contributed by atoms with van der Waals surface area (Å²) in [5.74, 6) is -0.747. The quantitative estimate of drug-likeness (QED) is 0.562. The molecule has 0 aromatic heterocycles. The highest BCUT2D eigenvalue weighted by atomic mass is 16.7. The summed E-state index contributed by atoms with van der Waals surface area (Å²) >= 11 is 0. The summed E-state index contributed by atoms with van der Waals surface area (Å²) in [7, 11) is 3.79. The third-order valence-electron chi connectivity index (χ3n) is 2.48. The van der Waals surface area contributed by atoms with Crippen molar-refractivity contribution in [3.8, 4) is 0 Å². The number of methoxy groups -OCH3 is 3. The molecule has 1 heterocycles. The van der Waals surface area contributed by atoms with E-state index in [1.165, 1.54) is 21.3 Å². The number of hydrogen-bond acceptors (Lipinski definition) is 7. The smallest absolute Gasteiger partial charge is 0.337 e. The van der Waals surface area contributed by atoms with Crippen LogP contribution in [0.2, 0.25) is 0 Å². The topological polar surface area (TPSA) is 94.5 Å². The lowest BCUT2D eigenvalue weighted by Gasteiger charge is -2.39. The SMILES string of the molecule is COC(=O)C1OC(OC)C(O)C(OC)C1O. The maximum absolute atomic E-state index is 11.3. The van der Waals surface area contributed by atoms with Crippen LogP contribution < -0.4 is 0 Å². The predicted molar refractivity (Wildman–Crippen MR) is 50.5 cm³/mol. The minimum atomic E-state index is -1.31. The van der Waals surface area contributed by atoms with Crippen LogP contribution >= 0.6 is 0 Å². The normalized spacial score (nSPS) is 39.4. The maximum atomic E-state index is 11.3. The van der Waals surface area contributed by atoms with Crippen LogP contribution in [0, 0.1) is 0 Å². The van der Waals surface area contributed by atoms with E-state index in [1.54, 1.807) is 0 Å². The summed E-state index contributed by atoms with van der Waals surface area (Å²) in [6.07, 6.45) is -5.73. The van der Waals surface area contributed by atoms with Crippen molar-refractivity contribution in [3.63, 3.8) is 0 Å². The van der Waals surface area contributed by atoms with E-state index >= 15 is 0 Å². The van der Waals surface area contributed by atoms with Gasteiger partial charge in [0.1, 0.15) is 18.3 Å². The number of carbonyl (C=O) groups excluding carboxylic acids is 1. The molecule has 1 aliphatic heterocycles. The predicted octanol–water partition coefficient (Wildman–Crippen LogP) is -1.73. The zero-order valence-electron chi connectivity index (χ0n) is 9.32. The van der Waals surface area contributed by atoms with E-state index < -0.39 is 36.7 Å². The molecule has 0 amide bonds. The van der Waals surface area contributed by atoms with Gasteiger partial charge in [-0.1, -0.05) is 0 Å². The Balaban J connectivity index is 2.84. The number of aliphatic hydroxyl groups is 2. The molecule has 0 aromatic carbocycles. The van der Waals surface area contributed by atoms with Crippen LogP contribution in [0.25, 0.3) is 0 Å². The average Bonchev–Trinajstić information content (AvgIpc) is 2.29. The number of aliphatic hydroxyl groups excluding tert-OH is 2. The summed E-state index contributed by atoms with van der Waals surface area (Å²) in [6, 6.07) is 0. The van der Waals surface area contributed by atoms with Crippen molar-refractivity contribution in [2.75, 3.05) is 21.3 Å². The van der Waals surface area contributed by atoms with Gasteiger partial charge in [0.25, 0.3) is 0 Å². The number of esters is 1. The molecule has 2 N–H and O–H groups in total. The second kappa shape index (κ2) is 5.55. The van der Waals surface area contributed by atoms with Gasteiger partial charge in [0.05, 0.1) is 7.11 Å². The van der Waals surface area contributed by atoms with Crippen LogP contribution in [0.3, 0.4) is 0 Å². The van der Waals surface area contributed by atoms with Crippen molar-refractivity contribution in [2.24, 2.45) is 0 Å². The minimum Gasteiger partial charge on any atom is -0.467 e. The Kier molecular flexibility index (Phi) is 4.63. The largest absolute Gasteiger partial charge is 0.467 e. The summed E-state index contributed by atoms with van der Waals surface area (Å²) in [5.41, 5.74) is 0. The highest BCUT2D eigenvalue weighted by Gasteiger charge is 2.48. The van der Waals surface area contributed by atoms with Crippen molar-refractivity contribution in [1.82, 2.24) is 0 Å². The summed E-state index contributed by atoms with van der Waals surface area (Å²) < 4.78 is 19.3. The summed E-state index contributed by atoms with van der Waals surface area (Å²) in [4.78, 5) is 11.3. The van der Waals surface area contributed by atoms with Crippen molar-refractivity contribution in [2.45, 2.75) is 30.7 Å². The van der Waals surface area contributed by atoms with Gasteiger partial charge in [0, 0.05) is 14.2 Å². The molecule has 1 aliphatic rings. The molecule has 94 valence electrons. The second-order valence-electron chi connectivity index (χ2n) is 3.37. The van der Waals surface area contributed by atoms with E-state index in [9.17, 15) is 15.0 Å². The molecule has 1 fully saturated rings. The molecular weight excluding hydrogens is 220 g/mol. The molecule has 0 aromatic rings. The number of carbonyl (C=O) groups is 1. The van der Waals surface area contributed by atoms with Crippen LogP contribution in [0.15, 0.2) is 0 Å². The van der Waals surface area contributed by atoms with Gasteiger partial charge in [-0.15, -0.1) is 0 Å². The maximum Gasteiger partial charge on any atom is 0.337 e. The lowest BCUT2D eigenvalue weighted by atomic mass is 9.99. The number of hydrogen-bond donors (Lipinski definition) is 2. The van der Waals surface area contributed by atoms with E-state index in [0.717, 1.165) is 0 Å². The van der Waals surface area contributed by atoms with Crippen molar-refractivity contribution in [3.05, 3.63) is 0 Å². The molecule has 0 spiro atoms. The molecular formula is C9H16O7. The monoisotopic (exact) mass is 236 g/mol. The fourth-order valence-corrected chi connectivity index (χ4v) is 1.62. The highest BCUT2D eigenvalue weighted by molar-refractivity contribution is 5.75. The van der Waals surface area contributed by atoms with Crippen LogP contribution in [0.4, 0.5) is 0 Å². The molecule has 1 saturated heterocycles. The van der Waals surface area contributed by atoms with E-state index in [4.69, 9.17) is 14.2 Å². The van der Waals surface area contributed by atoms with E-state index in [2.05, 4.69) is 4.74 Å². The van der Waals surface area contributed by atoms with E-state index in [0.29, 0.717) is 0 Å². The van der Waals surface area contributed by atoms with Gasteiger partial charge in [-0.05, 0) is 0 Å². The lowest BCUT2D eigenvalue weighted by molar-refractivity contribution is -0.291. The number of rotatable bonds is 3. The van der Waals surface area contributed by atoms with Crippen molar-refractivity contribution >= 4 is 5.97 Å². The molecule has 1 rings (SSSR count). The Morgan fingerprint density at radius 1 is 1.12 bits per heavy atom. The Labute approximate surface area is 92.9 Å². The molecule has 7 nitrogen and oxygen atoms in total. The van der Waals surface area contributed by atoms with Gasteiger partial charge >= 0.3 is 5.97 Å². The van der Waals surface area contributed by atoms with Crippen LogP contribution in [-0.2, 0) is 23.7 Å². The Morgan fingerprint density at radius 2 is 1.75 bits per heavy atom. The molecule has 0 saturated carbocycles. The standard InChI is InChI=1S/C9H16O7/c1-13-6-4(10)7(8(12)14-2)16-9(15-3)5(6)11/h4-7,9-11H,1-3H3. The molecule has 0 aliphatic carbocycles. The fourth-order valence-electron chi connectivity index (χ4n) is 1.62. The summed E-state index contributed by atoms with van der Waals surface area (Å²) in [6.45, 7) is 0. The zero-order chi connectivity index (χ0) is 12.3. The lowest BCUT2D eigenvalue weighted by Crippen LogP contribution is -2.60. The Hall–Kier alpha value is -0.730. The van der Waals surface area contributed by atoms with Crippen LogP contribution in [0.1, 0.15) is 0 Å². The molecule has 0 radical (unpaired) electrons. The molecule has 5 unspecified atom stereocenters. The molecule has 7 heteroatoms. The van der Waals surface area contributed by atoms with Crippen LogP contribution in [-0.4, -0.2) is 68.2 Å². The highest BCUT2D eigenvalue weighted by Crippen LogP contribution is 2.24. The van der Waals surface area contributed by atoms with E-state index in [-0.39, 0.29) is 0 Å². The van der Waals surface area contributed by atoms with Gasteiger partial charge in [0.15, 0.2) is 12.4 Å². The molecule has 16 heavy (non-hydrogen) atoms. The zero-order valence-corrected chi connectivity index (χ0v) is 9.32. The van der Waals surface area contributed by atoms with Gasteiger partial charge in [-0.2, -0.15) is 0 Å². The first-order chi connectivity index (χ1) is 7.56. The van der Waals surface area contributed by atoms with Crippen molar-refractivity contribution in [1.29, 1.82) is 0 Å². The fraction of sp³-hybridized carbons (Fsp3) is 0.889. The van der Waals surface area contributed by atoms with E-state index in [1.807, 2.05) is 0 Å². The Morgan fingerprint density at radius 3 is 2.19 bits per heavy atom. The molecule has 0 bridgehead atoms. The van der Waals surface area contributed by atoms with Gasteiger partial charge in [0.2, 0.25) is 0 Å². The molecule has 5 atom stereocenters.